The summed E-state index contributed by atoms with van der Waals surface area (Å²) in [5, 5.41) is 13.1. The largest absolute Gasteiger partial charge is 0.504 e. The summed E-state index contributed by atoms with van der Waals surface area (Å²) >= 11 is 0. The lowest BCUT2D eigenvalue weighted by molar-refractivity contribution is -0.111. The summed E-state index contributed by atoms with van der Waals surface area (Å²) in [5.74, 6) is 1.21. The summed E-state index contributed by atoms with van der Waals surface area (Å²) in [6.07, 6.45) is 1.66. The van der Waals surface area contributed by atoms with Crippen LogP contribution in [0, 0.1) is 0 Å². The maximum atomic E-state index is 13.3. The van der Waals surface area contributed by atoms with Crippen LogP contribution in [0.15, 0.2) is 60.7 Å². The molecule has 0 aliphatic rings. The molecular weight excluding hydrogens is 410 g/mol. The number of ether oxygens (including phenoxy) is 4. The van der Waals surface area contributed by atoms with Crippen molar-refractivity contribution < 1.29 is 28.8 Å². The molecule has 0 unspecified atom stereocenters. The van der Waals surface area contributed by atoms with Crippen LogP contribution in [0.4, 0.5) is 5.69 Å². The number of para-hydroxylation sites is 1. The molecule has 0 radical (unpaired) electrons. The maximum absolute atomic E-state index is 13.3. The molecule has 0 aromatic heterocycles. The average Bonchev–Trinajstić information content (AvgIpc) is 2.82. The van der Waals surface area contributed by atoms with E-state index in [2.05, 4.69) is 5.32 Å². The maximum Gasteiger partial charge on any atom is 0.256 e. The fourth-order valence-electron chi connectivity index (χ4n) is 3.20. The van der Waals surface area contributed by atoms with Gasteiger partial charge in [0.15, 0.2) is 23.0 Å². The molecule has 166 valence electrons. The molecule has 32 heavy (non-hydrogen) atoms. The number of rotatable bonds is 8. The lowest BCUT2D eigenvalue weighted by atomic mass is 10.00. The average molecular weight is 435 g/mol. The molecule has 0 aliphatic heterocycles. The van der Waals surface area contributed by atoms with E-state index in [1.165, 1.54) is 34.5 Å². The number of amides is 1. The van der Waals surface area contributed by atoms with Crippen LogP contribution in [0.5, 0.6) is 28.7 Å². The number of methoxy groups -OCH3 is 4. The van der Waals surface area contributed by atoms with E-state index in [-0.39, 0.29) is 11.7 Å². The second-order valence-electron chi connectivity index (χ2n) is 6.72. The molecule has 3 rings (SSSR count). The van der Waals surface area contributed by atoms with E-state index >= 15 is 0 Å². The summed E-state index contributed by atoms with van der Waals surface area (Å²) in [6, 6.07) is 17.4. The fourth-order valence-corrected chi connectivity index (χ4v) is 3.20. The molecule has 3 aromatic rings. The number of nitrogens with one attached hydrogen (secondary N) is 1. The zero-order chi connectivity index (χ0) is 23.1. The number of carbonyl (C=O) groups is 1. The van der Waals surface area contributed by atoms with Gasteiger partial charge < -0.3 is 29.4 Å². The van der Waals surface area contributed by atoms with Crippen molar-refractivity contribution in [1.29, 1.82) is 0 Å². The van der Waals surface area contributed by atoms with Gasteiger partial charge in [0.05, 0.1) is 28.4 Å². The quantitative estimate of drug-likeness (QED) is 0.397. The van der Waals surface area contributed by atoms with Gasteiger partial charge in [-0.15, -0.1) is 0 Å². The van der Waals surface area contributed by atoms with Crippen LogP contribution < -0.4 is 24.3 Å². The highest BCUT2D eigenvalue weighted by Crippen LogP contribution is 2.40. The normalized spacial score (nSPS) is 10.9. The molecule has 0 saturated heterocycles. The first-order valence-electron chi connectivity index (χ1n) is 9.76. The Kier molecular flexibility index (Phi) is 7.23. The SMILES string of the molecule is COc1ccc(/C=C(/C(=O)Nc2ccccc2)c2cc(OC)c(OC)c(OC)c2)cc1O. The molecule has 0 saturated carbocycles. The van der Waals surface area contributed by atoms with Crippen LogP contribution in [0.2, 0.25) is 0 Å². The lowest BCUT2D eigenvalue weighted by Gasteiger charge is -2.16. The number of carbonyl (C=O) groups excluding carboxylic acids is 1. The highest BCUT2D eigenvalue weighted by atomic mass is 16.5. The van der Waals surface area contributed by atoms with E-state index < -0.39 is 0 Å². The molecule has 7 nitrogen and oxygen atoms in total. The van der Waals surface area contributed by atoms with Crippen molar-refractivity contribution in [2.24, 2.45) is 0 Å². The molecule has 0 fully saturated rings. The van der Waals surface area contributed by atoms with Gasteiger partial charge in [-0.3, -0.25) is 4.79 Å². The van der Waals surface area contributed by atoms with Crippen molar-refractivity contribution in [3.8, 4) is 28.7 Å². The van der Waals surface area contributed by atoms with Crippen LogP contribution >= 0.6 is 0 Å². The number of benzene rings is 3. The first kappa shape index (κ1) is 22.6. The van der Waals surface area contributed by atoms with E-state index in [1.807, 2.05) is 18.2 Å². The number of aromatic hydroxyl groups is 1. The Bertz CT molecular complexity index is 1100. The Hall–Kier alpha value is -4.13. The number of hydrogen-bond donors (Lipinski definition) is 2. The van der Waals surface area contributed by atoms with Gasteiger partial charge in [-0.2, -0.15) is 0 Å². The van der Waals surface area contributed by atoms with Crippen molar-refractivity contribution in [2.45, 2.75) is 0 Å². The van der Waals surface area contributed by atoms with Gasteiger partial charge >= 0.3 is 0 Å². The first-order valence-corrected chi connectivity index (χ1v) is 9.76. The summed E-state index contributed by atoms with van der Waals surface area (Å²) in [4.78, 5) is 13.3. The highest BCUT2D eigenvalue weighted by molar-refractivity contribution is 6.29. The van der Waals surface area contributed by atoms with Crippen molar-refractivity contribution in [3.63, 3.8) is 0 Å². The number of anilines is 1. The highest BCUT2D eigenvalue weighted by Gasteiger charge is 2.19. The molecule has 7 heteroatoms. The van der Waals surface area contributed by atoms with E-state index in [4.69, 9.17) is 18.9 Å². The molecule has 0 bridgehead atoms. The van der Waals surface area contributed by atoms with Gasteiger partial charge in [-0.05, 0) is 53.6 Å². The third kappa shape index (κ3) is 4.95. The molecule has 0 atom stereocenters. The van der Waals surface area contributed by atoms with Crippen LogP contribution in [0.25, 0.3) is 11.6 Å². The van der Waals surface area contributed by atoms with Gasteiger partial charge in [0.2, 0.25) is 5.75 Å². The predicted octanol–water partition coefficient (Wildman–Crippen LogP) is 4.61. The minimum atomic E-state index is -0.346. The Morgan fingerprint density at radius 2 is 1.44 bits per heavy atom. The molecule has 0 aliphatic carbocycles. The fraction of sp³-hybridized carbons (Fsp3) is 0.160. The van der Waals surface area contributed by atoms with Gasteiger partial charge in [-0.1, -0.05) is 24.3 Å². The van der Waals surface area contributed by atoms with Crippen molar-refractivity contribution in [2.75, 3.05) is 33.8 Å². The Morgan fingerprint density at radius 3 is 1.97 bits per heavy atom. The molecular formula is C25H25NO6. The first-order chi connectivity index (χ1) is 15.5. The molecule has 0 spiro atoms. The Morgan fingerprint density at radius 1 is 0.812 bits per heavy atom. The standard InChI is InChI=1S/C25H25NO6/c1-29-21-11-10-16(13-20(21)27)12-19(25(28)26-18-8-6-5-7-9-18)17-14-22(30-2)24(32-4)23(15-17)31-3/h5-15,27H,1-4H3,(H,26,28)/b19-12+. The monoisotopic (exact) mass is 435 g/mol. The third-order valence-corrected chi connectivity index (χ3v) is 4.77. The number of phenolic OH excluding ortho intramolecular Hbond substituents is 1. The lowest BCUT2D eigenvalue weighted by Crippen LogP contribution is -2.14. The van der Waals surface area contributed by atoms with Crippen LogP contribution in [-0.4, -0.2) is 39.5 Å². The second-order valence-corrected chi connectivity index (χ2v) is 6.72. The Balaban J connectivity index is 2.14. The Labute approximate surface area is 186 Å². The third-order valence-electron chi connectivity index (χ3n) is 4.77. The van der Waals surface area contributed by atoms with Crippen LogP contribution in [-0.2, 0) is 4.79 Å². The van der Waals surface area contributed by atoms with E-state index in [0.29, 0.717) is 45.4 Å². The molecule has 2 N–H and O–H groups in total. The predicted molar refractivity (Wildman–Crippen MR) is 124 cm³/mol. The number of hydrogen-bond acceptors (Lipinski definition) is 6. The zero-order valence-corrected chi connectivity index (χ0v) is 18.3. The number of phenols is 1. The van der Waals surface area contributed by atoms with Crippen molar-refractivity contribution >= 4 is 23.2 Å². The molecule has 1 amide bonds. The van der Waals surface area contributed by atoms with E-state index in [1.54, 1.807) is 42.5 Å². The van der Waals surface area contributed by atoms with Gasteiger partial charge in [0.1, 0.15) is 0 Å². The summed E-state index contributed by atoms with van der Waals surface area (Å²) in [5.41, 5.74) is 2.13. The van der Waals surface area contributed by atoms with Gasteiger partial charge in [-0.25, -0.2) is 0 Å². The van der Waals surface area contributed by atoms with E-state index in [9.17, 15) is 9.90 Å². The van der Waals surface area contributed by atoms with Crippen LogP contribution in [0.1, 0.15) is 11.1 Å². The van der Waals surface area contributed by atoms with Gasteiger partial charge in [0, 0.05) is 11.3 Å². The summed E-state index contributed by atoms with van der Waals surface area (Å²) in [6.45, 7) is 0. The second kappa shape index (κ2) is 10.3. The topological polar surface area (TPSA) is 86.3 Å². The smallest absolute Gasteiger partial charge is 0.256 e. The summed E-state index contributed by atoms with van der Waals surface area (Å²) < 4.78 is 21.4. The van der Waals surface area contributed by atoms with Crippen molar-refractivity contribution in [3.05, 3.63) is 71.8 Å². The summed E-state index contributed by atoms with van der Waals surface area (Å²) in [7, 11) is 6.00. The minimum absolute atomic E-state index is 0.0334. The zero-order valence-electron chi connectivity index (χ0n) is 18.3. The van der Waals surface area contributed by atoms with E-state index in [0.717, 1.165) is 0 Å². The minimum Gasteiger partial charge on any atom is -0.504 e. The van der Waals surface area contributed by atoms with Gasteiger partial charge in [0.25, 0.3) is 5.91 Å². The molecule has 0 heterocycles. The van der Waals surface area contributed by atoms with Crippen LogP contribution in [0.3, 0.4) is 0 Å². The van der Waals surface area contributed by atoms with Crippen molar-refractivity contribution in [1.82, 2.24) is 0 Å². The molecule has 3 aromatic carbocycles.